The lowest BCUT2D eigenvalue weighted by molar-refractivity contribution is -0.120. The van der Waals surface area contributed by atoms with Crippen LogP contribution in [0.1, 0.15) is 21.5 Å². The summed E-state index contributed by atoms with van der Waals surface area (Å²) < 4.78 is 5.31. The maximum absolute atomic E-state index is 13.0. The van der Waals surface area contributed by atoms with Crippen LogP contribution in [0.5, 0.6) is 5.75 Å². The van der Waals surface area contributed by atoms with E-state index >= 15 is 0 Å². The zero-order chi connectivity index (χ0) is 22.8. The third-order valence-electron chi connectivity index (χ3n) is 4.98. The molecule has 0 aliphatic carbocycles. The number of esters is 1. The van der Waals surface area contributed by atoms with Crippen molar-refractivity contribution in [3.63, 3.8) is 0 Å². The standard InChI is InChI=1S/C25H19ClN2O4/c1-15-8-9-16(2)20(14-15)28-23(29)21(26)22(24(28)30)27-18-12-10-17(11-13-18)25(31)32-19-6-4-3-5-7-19/h3-14,27H,1-2H3. The fraction of sp³-hybridized carbons (Fsp3) is 0.0800. The van der Waals surface area contributed by atoms with E-state index in [1.54, 1.807) is 54.6 Å². The minimum atomic E-state index is -0.587. The van der Waals surface area contributed by atoms with E-state index in [-0.39, 0.29) is 10.7 Å². The topological polar surface area (TPSA) is 75.7 Å². The van der Waals surface area contributed by atoms with Crippen LogP contribution in [0.3, 0.4) is 0 Å². The zero-order valence-corrected chi connectivity index (χ0v) is 18.1. The number of imide groups is 1. The first-order valence-corrected chi connectivity index (χ1v) is 10.2. The molecule has 0 unspecified atom stereocenters. The van der Waals surface area contributed by atoms with E-state index in [2.05, 4.69) is 5.32 Å². The number of amides is 2. The molecule has 32 heavy (non-hydrogen) atoms. The van der Waals surface area contributed by atoms with Gasteiger partial charge in [-0.3, -0.25) is 9.59 Å². The molecular weight excluding hydrogens is 428 g/mol. The number of para-hydroxylation sites is 1. The van der Waals surface area contributed by atoms with Gasteiger partial charge in [-0.25, -0.2) is 9.69 Å². The summed E-state index contributed by atoms with van der Waals surface area (Å²) in [5.74, 6) is -1.19. The Hall–Kier alpha value is -3.90. The Balaban J connectivity index is 1.51. The summed E-state index contributed by atoms with van der Waals surface area (Å²) in [4.78, 5) is 39.1. The third kappa shape index (κ3) is 4.13. The molecule has 4 rings (SSSR count). The SMILES string of the molecule is Cc1ccc(C)c(N2C(=O)C(Cl)=C(Nc3ccc(C(=O)Oc4ccccc4)cc3)C2=O)c1. The Labute approximate surface area is 190 Å². The normalized spacial score (nSPS) is 13.5. The minimum Gasteiger partial charge on any atom is -0.423 e. The van der Waals surface area contributed by atoms with Crippen molar-refractivity contribution in [1.29, 1.82) is 0 Å². The van der Waals surface area contributed by atoms with Gasteiger partial charge in [0, 0.05) is 5.69 Å². The van der Waals surface area contributed by atoms with Crippen molar-refractivity contribution < 1.29 is 19.1 Å². The quantitative estimate of drug-likeness (QED) is 0.340. The molecule has 1 aliphatic rings. The van der Waals surface area contributed by atoms with E-state index in [4.69, 9.17) is 16.3 Å². The number of hydrogen-bond acceptors (Lipinski definition) is 5. The van der Waals surface area contributed by atoms with Gasteiger partial charge in [0.1, 0.15) is 16.5 Å². The first-order valence-electron chi connectivity index (χ1n) is 9.85. The summed E-state index contributed by atoms with van der Waals surface area (Å²) in [5.41, 5.74) is 3.01. The lowest BCUT2D eigenvalue weighted by Crippen LogP contribution is -2.32. The summed E-state index contributed by atoms with van der Waals surface area (Å²) in [6.45, 7) is 3.70. The lowest BCUT2D eigenvalue weighted by Gasteiger charge is -2.18. The number of ether oxygens (including phenoxy) is 1. The molecule has 3 aromatic carbocycles. The van der Waals surface area contributed by atoms with Gasteiger partial charge in [-0.1, -0.05) is 41.9 Å². The summed E-state index contributed by atoms with van der Waals surface area (Å²) in [7, 11) is 0. The van der Waals surface area contributed by atoms with Crippen molar-refractivity contribution in [3.8, 4) is 5.75 Å². The maximum Gasteiger partial charge on any atom is 0.343 e. The number of carbonyl (C=O) groups is 3. The molecule has 0 spiro atoms. The fourth-order valence-electron chi connectivity index (χ4n) is 3.28. The highest BCUT2D eigenvalue weighted by molar-refractivity contribution is 6.53. The molecule has 1 N–H and O–H groups in total. The zero-order valence-electron chi connectivity index (χ0n) is 17.4. The van der Waals surface area contributed by atoms with E-state index in [1.165, 1.54) is 0 Å². The maximum atomic E-state index is 13.0. The molecule has 1 aliphatic heterocycles. The molecule has 6 nitrogen and oxygen atoms in total. The van der Waals surface area contributed by atoms with Gasteiger partial charge in [0.25, 0.3) is 11.8 Å². The number of nitrogens with zero attached hydrogens (tertiary/aromatic N) is 1. The van der Waals surface area contributed by atoms with E-state index < -0.39 is 17.8 Å². The number of aryl methyl sites for hydroxylation is 2. The van der Waals surface area contributed by atoms with Gasteiger partial charge in [-0.05, 0) is 67.4 Å². The van der Waals surface area contributed by atoms with Crippen LogP contribution >= 0.6 is 11.6 Å². The Morgan fingerprint density at radius 1 is 0.906 bits per heavy atom. The molecule has 160 valence electrons. The lowest BCUT2D eigenvalue weighted by atomic mass is 10.1. The van der Waals surface area contributed by atoms with Crippen molar-refractivity contribution in [3.05, 3.63) is 100 Å². The van der Waals surface area contributed by atoms with Crippen LogP contribution in [0.15, 0.2) is 83.5 Å². The first kappa shape index (κ1) is 21.3. The molecule has 2 amide bonds. The van der Waals surface area contributed by atoms with Gasteiger partial charge in [0.2, 0.25) is 0 Å². The molecule has 3 aromatic rings. The molecule has 0 saturated carbocycles. The number of hydrogen-bond donors (Lipinski definition) is 1. The average molecular weight is 447 g/mol. The fourth-order valence-corrected chi connectivity index (χ4v) is 3.49. The molecule has 0 atom stereocenters. The van der Waals surface area contributed by atoms with Crippen molar-refractivity contribution in [1.82, 2.24) is 0 Å². The largest absolute Gasteiger partial charge is 0.423 e. The number of nitrogens with one attached hydrogen (secondary N) is 1. The van der Waals surface area contributed by atoms with E-state index in [0.29, 0.717) is 22.7 Å². The molecule has 0 radical (unpaired) electrons. The summed E-state index contributed by atoms with van der Waals surface area (Å²) in [6.07, 6.45) is 0. The number of benzene rings is 3. The predicted octanol–water partition coefficient (Wildman–Crippen LogP) is 4.96. The third-order valence-corrected chi connectivity index (χ3v) is 5.33. The number of carbonyl (C=O) groups excluding carboxylic acids is 3. The van der Waals surface area contributed by atoms with Crippen LogP contribution in [0.4, 0.5) is 11.4 Å². The van der Waals surface area contributed by atoms with Crippen LogP contribution in [0, 0.1) is 13.8 Å². The first-order chi connectivity index (χ1) is 15.3. The van der Waals surface area contributed by atoms with Gasteiger partial charge >= 0.3 is 5.97 Å². The average Bonchev–Trinajstić information content (AvgIpc) is 3.00. The molecular formula is C25H19ClN2O4. The number of halogens is 1. The second kappa shape index (κ2) is 8.69. The van der Waals surface area contributed by atoms with Crippen LogP contribution in [-0.2, 0) is 9.59 Å². The van der Waals surface area contributed by atoms with Gasteiger partial charge < -0.3 is 10.1 Å². The van der Waals surface area contributed by atoms with Crippen molar-refractivity contribution in [2.24, 2.45) is 0 Å². The molecule has 1 heterocycles. The van der Waals surface area contributed by atoms with Crippen LogP contribution < -0.4 is 15.0 Å². The number of anilines is 2. The second-order valence-corrected chi connectivity index (χ2v) is 7.71. The van der Waals surface area contributed by atoms with Gasteiger partial charge in [-0.15, -0.1) is 0 Å². The molecule has 0 saturated heterocycles. The minimum absolute atomic E-state index is 0.0165. The van der Waals surface area contributed by atoms with Crippen LogP contribution in [0.2, 0.25) is 0 Å². The highest BCUT2D eigenvalue weighted by atomic mass is 35.5. The monoisotopic (exact) mass is 446 g/mol. The Kier molecular flexibility index (Phi) is 5.79. The molecule has 0 aromatic heterocycles. The van der Waals surface area contributed by atoms with Crippen LogP contribution in [0.25, 0.3) is 0 Å². The summed E-state index contributed by atoms with van der Waals surface area (Å²) in [5, 5.41) is 2.71. The highest BCUT2D eigenvalue weighted by Gasteiger charge is 2.39. The molecule has 0 fully saturated rings. The van der Waals surface area contributed by atoms with Crippen molar-refractivity contribution >= 4 is 40.8 Å². The number of rotatable bonds is 5. The van der Waals surface area contributed by atoms with Gasteiger partial charge in [0.05, 0.1) is 11.3 Å². The summed E-state index contributed by atoms with van der Waals surface area (Å²) in [6, 6.07) is 20.6. The highest BCUT2D eigenvalue weighted by Crippen LogP contribution is 2.32. The Morgan fingerprint density at radius 3 is 2.28 bits per heavy atom. The van der Waals surface area contributed by atoms with Crippen molar-refractivity contribution in [2.75, 3.05) is 10.2 Å². The Morgan fingerprint density at radius 2 is 1.59 bits per heavy atom. The van der Waals surface area contributed by atoms with Gasteiger partial charge in [-0.2, -0.15) is 0 Å². The molecule has 7 heteroatoms. The van der Waals surface area contributed by atoms with E-state index in [9.17, 15) is 14.4 Å². The van der Waals surface area contributed by atoms with E-state index in [0.717, 1.165) is 16.0 Å². The summed E-state index contributed by atoms with van der Waals surface area (Å²) >= 11 is 6.21. The van der Waals surface area contributed by atoms with Gasteiger partial charge in [0.15, 0.2) is 0 Å². The van der Waals surface area contributed by atoms with E-state index in [1.807, 2.05) is 32.0 Å². The Bertz CT molecular complexity index is 1250. The van der Waals surface area contributed by atoms with Crippen molar-refractivity contribution in [2.45, 2.75) is 13.8 Å². The van der Waals surface area contributed by atoms with Crippen LogP contribution in [-0.4, -0.2) is 17.8 Å². The molecule has 0 bridgehead atoms. The second-order valence-electron chi connectivity index (χ2n) is 7.33. The smallest absolute Gasteiger partial charge is 0.343 e. The predicted molar refractivity (Wildman–Crippen MR) is 123 cm³/mol.